The number of hydrogen-bond acceptors (Lipinski definition) is 3. The van der Waals surface area contributed by atoms with E-state index < -0.39 is 24.3 Å². The van der Waals surface area contributed by atoms with Gasteiger partial charge in [-0.1, -0.05) is 23.7 Å². The van der Waals surface area contributed by atoms with Crippen molar-refractivity contribution in [2.24, 2.45) is 0 Å². The van der Waals surface area contributed by atoms with Gasteiger partial charge in [0.1, 0.15) is 18.0 Å². The second-order valence-corrected chi connectivity index (χ2v) is 8.20. The number of hydrogen-bond donors (Lipinski definition) is 3. The van der Waals surface area contributed by atoms with Crippen LogP contribution in [0.3, 0.4) is 0 Å². The van der Waals surface area contributed by atoms with E-state index in [1.54, 1.807) is 37.3 Å². The molecule has 2 atom stereocenters. The number of amides is 2. The smallest absolute Gasteiger partial charge is 0.319 e. The number of ether oxygens (including phenoxy) is 1. The zero-order valence-corrected chi connectivity index (χ0v) is 17.3. The minimum Gasteiger partial charge on any atom is -0.484 e. The molecular weight excluding hydrogens is 409 g/mol. The third kappa shape index (κ3) is 3.85. The van der Waals surface area contributed by atoms with E-state index >= 15 is 0 Å². The zero-order chi connectivity index (χ0) is 21.5. The summed E-state index contributed by atoms with van der Waals surface area (Å²) in [4.78, 5) is 27.2. The quantitative estimate of drug-likeness (QED) is 0.555. The lowest BCUT2D eigenvalue weighted by atomic mass is 9.89. The van der Waals surface area contributed by atoms with Crippen molar-refractivity contribution in [2.75, 3.05) is 12.0 Å². The Hall–Kier alpha value is -3.06. The number of pyridine rings is 1. The number of nitrogens with one attached hydrogen (secondary N) is 3. The molecule has 4 rings (SSSR count). The number of fused-ring (bicyclic) bond motifs is 2. The Bertz CT molecular complexity index is 1200. The van der Waals surface area contributed by atoms with Gasteiger partial charge >= 0.3 is 6.03 Å². The van der Waals surface area contributed by atoms with Gasteiger partial charge in [-0.2, -0.15) is 0 Å². The Labute approximate surface area is 177 Å². The summed E-state index contributed by atoms with van der Waals surface area (Å²) >= 11 is 6.06. The number of alkyl halides is 1. The van der Waals surface area contributed by atoms with Gasteiger partial charge < -0.3 is 20.4 Å². The predicted molar refractivity (Wildman–Crippen MR) is 115 cm³/mol. The Morgan fingerprint density at radius 2 is 2.10 bits per heavy atom. The van der Waals surface area contributed by atoms with E-state index in [0.29, 0.717) is 22.0 Å². The number of aromatic nitrogens is 1. The minimum absolute atomic E-state index is 0.218. The van der Waals surface area contributed by atoms with E-state index in [4.69, 9.17) is 16.3 Å². The molecule has 0 unspecified atom stereocenters. The SMILES string of the molecule is Cc1ccc2[nH]c(=O)ccc2c1NC(=O)N[C@@H]1C[C@@](C)(CF)Oc2cc(Cl)ccc21. The van der Waals surface area contributed by atoms with Crippen LogP contribution >= 0.6 is 11.6 Å². The Kier molecular flexibility index (Phi) is 5.15. The van der Waals surface area contributed by atoms with Crippen LogP contribution in [0.1, 0.15) is 30.5 Å². The highest BCUT2D eigenvalue weighted by molar-refractivity contribution is 6.30. The van der Waals surface area contributed by atoms with Gasteiger partial charge in [-0.05, 0) is 43.7 Å². The Balaban J connectivity index is 1.63. The summed E-state index contributed by atoms with van der Waals surface area (Å²) < 4.78 is 19.5. The van der Waals surface area contributed by atoms with Gasteiger partial charge in [0.25, 0.3) is 0 Å². The lowest BCUT2D eigenvalue weighted by molar-refractivity contribution is 0.0263. The Morgan fingerprint density at radius 3 is 2.87 bits per heavy atom. The molecular formula is C22H21ClFN3O3. The third-order valence-corrected chi connectivity index (χ3v) is 5.52. The maximum Gasteiger partial charge on any atom is 0.319 e. The van der Waals surface area contributed by atoms with Crippen LogP contribution in [0.15, 0.2) is 47.3 Å². The molecule has 6 nitrogen and oxygen atoms in total. The number of benzene rings is 2. The van der Waals surface area contributed by atoms with E-state index in [2.05, 4.69) is 15.6 Å². The second kappa shape index (κ2) is 7.65. The van der Waals surface area contributed by atoms with Crippen molar-refractivity contribution in [3.8, 4) is 5.75 Å². The molecule has 8 heteroatoms. The van der Waals surface area contributed by atoms with E-state index in [1.807, 2.05) is 13.0 Å². The number of rotatable bonds is 3. The first-order valence-electron chi connectivity index (χ1n) is 9.52. The van der Waals surface area contributed by atoms with Gasteiger partial charge in [0.15, 0.2) is 0 Å². The van der Waals surface area contributed by atoms with Gasteiger partial charge in [-0.3, -0.25) is 4.79 Å². The molecule has 1 aromatic heterocycles. The molecule has 3 N–H and O–H groups in total. The lowest BCUT2D eigenvalue weighted by Gasteiger charge is -2.38. The molecule has 2 heterocycles. The van der Waals surface area contributed by atoms with Crippen LogP contribution < -0.4 is 20.9 Å². The highest BCUT2D eigenvalue weighted by atomic mass is 35.5. The predicted octanol–water partition coefficient (Wildman–Crippen LogP) is 4.86. The number of halogens is 2. The molecule has 0 saturated heterocycles. The summed E-state index contributed by atoms with van der Waals surface area (Å²) in [6.07, 6.45) is 0.271. The van der Waals surface area contributed by atoms with Gasteiger partial charge in [0, 0.05) is 28.5 Å². The van der Waals surface area contributed by atoms with Crippen LogP contribution in [-0.4, -0.2) is 23.3 Å². The molecule has 156 valence electrons. The van der Waals surface area contributed by atoms with Gasteiger partial charge in [0.2, 0.25) is 5.56 Å². The topological polar surface area (TPSA) is 83.2 Å². The van der Waals surface area contributed by atoms with E-state index in [9.17, 15) is 14.0 Å². The molecule has 0 aliphatic carbocycles. The summed E-state index contributed by atoms with van der Waals surface area (Å²) in [5.74, 6) is 0.457. The zero-order valence-electron chi connectivity index (χ0n) is 16.5. The standard InChI is InChI=1S/C22H21ClFN3O3/c1-12-3-7-16-15(6-8-19(28)25-16)20(12)27-21(29)26-17-10-22(2,11-24)30-18-9-13(23)4-5-14(17)18/h3-9,17H,10-11H2,1-2H3,(H,25,28)(H2,26,27,29)/t17-,22+/m1/s1. The van der Waals surface area contributed by atoms with Gasteiger partial charge in [-0.15, -0.1) is 0 Å². The first-order chi connectivity index (χ1) is 14.3. The summed E-state index contributed by atoms with van der Waals surface area (Å²) in [6.45, 7) is 2.83. The van der Waals surface area contributed by atoms with E-state index in [1.165, 1.54) is 6.07 Å². The molecule has 2 aromatic carbocycles. The molecule has 0 bridgehead atoms. The molecule has 3 aromatic rings. The van der Waals surface area contributed by atoms with Crippen LogP contribution in [0.4, 0.5) is 14.9 Å². The van der Waals surface area contributed by atoms with Crippen LogP contribution in [0.5, 0.6) is 5.75 Å². The van der Waals surface area contributed by atoms with Crippen LogP contribution in [0, 0.1) is 6.92 Å². The van der Waals surface area contributed by atoms with Crippen molar-refractivity contribution in [2.45, 2.75) is 31.9 Å². The molecule has 0 radical (unpaired) electrons. The summed E-state index contributed by atoms with van der Waals surface area (Å²) in [5, 5.41) is 6.99. The first-order valence-corrected chi connectivity index (χ1v) is 9.90. The number of aromatic amines is 1. The average Bonchev–Trinajstić information content (AvgIpc) is 2.69. The van der Waals surface area contributed by atoms with Crippen molar-refractivity contribution in [3.05, 3.63) is 69.0 Å². The Morgan fingerprint density at radius 1 is 1.30 bits per heavy atom. The molecule has 30 heavy (non-hydrogen) atoms. The second-order valence-electron chi connectivity index (χ2n) is 7.76. The van der Waals surface area contributed by atoms with E-state index in [0.717, 1.165) is 16.5 Å². The normalized spacial score (nSPS) is 20.3. The largest absolute Gasteiger partial charge is 0.484 e. The fraction of sp³-hybridized carbons (Fsp3) is 0.273. The number of carbonyl (C=O) groups excluding carboxylic acids is 1. The molecule has 2 amide bonds. The number of H-pyrrole nitrogens is 1. The highest BCUT2D eigenvalue weighted by Crippen LogP contribution is 2.41. The van der Waals surface area contributed by atoms with E-state index in [-0.39, 0.29) is 12.0 Å². The maximum atomic E-state index is 13.7. The summed E-state index contributed by atoms with van der Waals surface area (Å²) in [7, 11) is 0. The molecule has 0 spiro atoms. The number of anilines is 1. The fourth-order valence-electron chi connectivity index (χ4n) is 3.76. The van der Waals surface area contributed by atoms with Crippen LogP contribution in [-0.2, 0) is 0 Å². The van der Waals surface area contributed by atoms with Gasteiger partial charge in [0.05, 0.1) is 17.2 Å². The first kappa shape index (κ1) is 20.2. The third-order valence-electron chi connectivity index (χ3n) is 5.28. The average molecular weight is 430 g/mol. The number of carbonyl (C=O) groups is 1. The number of urea groups is 1. The van der Waals surface area contributed by atoms with Crippen molar-refractivity contribution in [1.82, 2.24) is 10.3 Å². The maximum absolute atomic E-state index is 13.7. The highest BCUT2D eigenvalue weighted by Gasteiger charge is 2.38. The van der Waals surface area contributed by atoms with Crippen LogP contribution in [0.25, 0.3) is 10.9 Å². The van der Waals surface area contributed by atoms with Crippen molar-refractivity contribution in [3.63, 3.8) is 0 Å². The minimum atomic E-state index is -1.07. The number of aryl methyl sites for hydroxylation is 1. The summed E-state index contributed by atoms with van der Waals surface area (Å²) in [5.41, 5.74) is 1.52. The van der Waals surface area contributed by atoms with Crippen molar-refractivity contribution >= 4 is 34.2 Å². The molecule has 0 fully saturated rings. The monoisotopic (exact) mass is 429 g/mol. The molecule has 1 aliphatic rings. The lowest BCUT2D eigenvalue weighted by Crippen LogP contribution is -2.45. The van der Waals surface area contributed by atoms with Gasteiger partial charge in [-0.25, -0.2) is 9.18 Å². The fourth-order valence-corrected chi connectivity index (χ4v) is 3.92. The van der Waals surface area contributed by atoms with Crippen molar-refractivity contribution < 1.29 is 13.9 Å². The molecule has 1 aliphatic heterocycles. The summed E-state index contributed by atoms with van der Waals surface area (Å²) in [6, 6.07) is 10.9. The van der Waals surface area contributed by atoms with Crippen molar-refractivity contribution in [1.29, 1.82) is 0 Å². The van der Waals surface area contributed by atoms with Crippen LogP contribution in [0.2, 0.25) is 5.02 Å². The molecule has 0 saturated carbocycles.